The number of thiocarbonyl (C=S) groups is 2. The van der Waals surface area contributed by atoms with Crippen LogP contribution in [0.3, 0.4) is 0 Å². The summed E-state index contributed by atoms with van der Waals surface area (Å²) in [7, 11) is 3.74. The van der Waals surface area contributed by atoms with Gasteiger partial charge in [0.1, 0.15) is 11.9 Å². The molecular formula is C20H34N2O3S2. The van der Waals surface area contributed by atoms with E-state index in [1.807, 2.05) is 33.2 Å². The zero-order valence-electron chi connectivity index (χ0n) is 17.9. The number of phenolic OH excluding ortho intramolecular Hbond substituents is 1. The molecule has 7 heteroatoms. The van der Waals surface area contributed by atoms with Gasteiger partial charge < -0.3 is 25.6 Å². The number of phenols is 1. The lowest BCUT2D eigenvalue weighted by molar-refractivity contribution is 0.188. The molecule has 1 unspecified atom stereocenters. The van der Waals surface area contributed by atoms with Crippen LogP contribution in [-0.4, -0.2) is 39.6 Å². The minimum absolute atomic E-state index is 0.151. The van der Waals surface area contributed by atoms with Gasteiger partial charge in [0.05, 0.1) is 0 Å². The van der Waals surface area contributed by atoms with E-state index >= 15 is 0 Å². The van der Waals surface area contributed by atoms with Crippen LogP contribution in [0.2, 0.25) is 0 Å². The van der Waals surface area contributed by atoms with Gasteiger partial charge in [0.15, 0.2) is 0 Å². The van der Waals surface area contributed by atoms with Gasteiger partial charge in [-0.05, 0) is 71.0 Å². The lowest BCUT2D eigenvalue weighted by Gasteiger charge is -2.29. The van der Waals surface area contributed by atoms with Gasteiger partial charge in [-0.2, -0.15) is 0 Å². The third kappa shape index (κ3) is 8.30. The van der Waals surface area contributed by atoms with E-state index in [4.69, 9.17) is 22.1 Å². The van der Waals surface area contributed by atoms with Crippen LogP contribution < -0.4 is 5.73 Å². The van der Waals surface area contributed by atoms with E-state index in [-0.39, 0.29) is 16.9 Å². The van der Waals surface area contributed by atoms with Crippen molar-refractivity contribution in [2.75, 3.05) is 14.1 Å². The summed E-state index contributed by atoms with van der Waals surface area (Å²) in [6.45, 7) is 14.6. The Morgan fingerprint density at radius 3 is 1.63 bits per heavy atom. The van der Waals surface area contributed by atoms with Crippen LogP contribution in [0.25, 0.3) is 0 Å². The Kier molecular flexibility index (Phi) is 8.99. The van der Waals surface area contributed by atoms with E-state index in [9.17, 15) is 5.11 Å². The minimum Gasteiger partial charge on any atom is -0.507 e. The van der Waals surface area contributed by atoms with Crippen molar-refractivity contribution in [2.45, 2.75) is 65.4 Å². The predicted molar refractivity (Wildman–Crippen MR) is 121 cm³/mol. The highest BCUT2D eigenvalue weighted by Gasteiger charge is 2.28. The first-order chi connectivity index (χ1) is 12.0. The van der Waals surface area contributed by atoms with E-state index in [0.717, 1.165) is 16.7 Å². The summed E-state index contributed by atoms with van der Waals surface area (Å²) in [5.41, 5.74) is 7.00. The molecule has 0 aromatic heterocycles. The molecule has 27 heavy (non-hydrogen) atoms. The third-order valence-electron chi connectivity index (χ3n) is 3.86. The smallest absolute Gasteiger partial charge is 0.259 e. The van der Waals surface area contributed by atoms with Gasteiger partial charge in [-0.15, -0.1) is 0 Å². The summed E-state index contributed by atoms with van der Waals surface area (Å²) < 4.78 is 5.85. The predicted octanol–water partition coefficient (Wildman–Crippen LogP) is 4.70. The quantitative estimate of drug-likeness (QED) is 0.605. The minimum atomic E-state index is -0.500. The highest BCUT2D eigenvalue weighted by Crippen LogP contribution is 2.41. The number of hydrogen-bond acceptors (Lipinski definition) is 4. The van der Waals surface area contributed by atoms with E-state index < -0.39 is 5.17 Å². The molecule has 0 aliphatic heterocycles. The van der Waals surface area contributed by atoms with Crippen molar-refractivity contribution in [2.24, 2.45) is 5.73 Å². The second kappa shape index (κ2) is 9.55. The Morgan fingerprint density at radius 1 is 1.04 bits per heavy atom. The number of nitrogens with two attached hydrogens (primary N) is 1. The molecule has 0 fully saturated rings. The zero-order chi connectivity index (χ0) is 21.7. The third-order valence-corrected chi connectivity index (χ3v) is 4.32. The van der Waals surface area contributed by atoms with E-state index in [1.165, 1.54) is 0 Å². The first-order valence-corrected chi connectivity index (χ1v) is 9.54. The van der Waals surface area contributed by atoms with E-state index in [1.54, 1.807) is 4.90 Å². The number of hydrogen-bond donors (Lipinski definition) is 3. The second-order valence-corrected chi connectivity index (χ2v) is 9.49. The van der Waals surface area contributed by atoms with Gasteiger partial charge in [0, 0.05) is 14.1 Å². The molecule has 0 bridgehead atoms. The SMILES string of the molecule is CC(OC(=S)N(C)C)c1cc(C(C)(C)C)c(O)c(C(C)(C)C)c1.NC(O)=S. The number of benzene rings is 1. The van der Waals surface area contributed by atoms with Crippen molar-refractivity contribution in [1.29, 1.82) is 0 Å². The summed E-state index contributed by atoms with van der Waals surface area (Å²) in [6, 6.07) is 4.07. The van der Waals surface area contributed by atoms with Crippen molar-refractivity contribution in [3.05, 3.63) is 28.8 Å². The lowest BCUT2D eigenvalue weighted by Crippen LogP contribution is -2.24. The Labute approximate surface area is 174 Å². The van der Waals surface area contributed by atoms with Crippen molar-refractivity contribution in [3.63, 3.8) is 0 Å². The van der Waals surface area contributed by atoms with Crippen LogP contribution >= 0.6 is 24.4 Å². The molecule has 0 saturated carbocycles. The molecule has 0 saturated heterocycles. The Morgan fingerprint density at radius 2 is 1.37 bits per heavy atom. The fourth-order valence-corrected chi connectivity index (χ4v) is 2.50. The van der Waals surface area contributed by atoms with Crippen LogP contribution in [0, 0.1) is 0 Å². The van der Waals surface area contributed by atoms with Gasteiger partial charge in [-0.25, -0.2) is 0 Å². The maximum absolute atomic E-state index is 10.8. The summed E-state index contributed by atoms with van der Waals surface area (Å²) >= 11 is 9.12. The average molecular weight is 415 g/mol. The highest BCUT2D eigenvalue weighted by atomic mass is 32.1. The van der Waals surface area contributed by atoms with Gasteiger partial charge >= 0.3 is 0 Å². The molecule has 0 radical (unpaired) electrons. The molecule has 0 amide bonds. The molecule has 0 spiro atoms. The Hall–Kier alpha value is -1.60. The van der Waals surface area contributed by atoms with Crippen LogP contribution in [0.5, 0.6) is 5.75 Å². The van der Waals surface area contributed by atoms with Crippen LogP contribution in [-0.2, 0) is 15.6 Å². The number of aliphatic hydroxyl groups is 1. The Balaban J connectivity index is 0.00000153. The van der Waals surface area contributed by atoms with Crippen LogP contribution in [0.1, 0.15) is 71.3 Å². The topological polar surface area (TPSA) is 79.0 Å². The highest BCUT2D eigenvalue weighted by molar-refractivity contribution is 7.80. The average Bonchev–Trinajstić information content (AvgIpc) is 2.43. The molecule has 4 N–H and O–H groups in total. The first-order valence-electron chi connectivity index (χ1n) is 8.72. The van der Waals surface area contributed by atoms with Gasteiger partial charge in [0.25, 0.3) is 10.3 Å². The fourth-order valence-electron chi connectivity index (χ4n) is 2.36. The standard InChI is InChI=1S/C19H31NO2S.CH3NOS/c1-12(22-17(23)20(8)9)13-10-14(18(2,3)4)16(21)15(11-13)19(5,6)7;2-1(3)4/h10-12,21H,1-9H3;(H3,2,3,4). The summed E-state index contributed by atoms with van der Waals surface area (Å²) in [5, 5.41) is 18.3. The molecule has 1 aromatic rings. The molecule has 5 nitrogen and oxygen atoms in total. The number of aromatic hydroxyl groups is 1. The van der Waals surface area contributed by atoms with Crippen molar-refractivity contribution < 1.29 is 14.9 Å². The summed E-state index contributed by atoms with van der Waals surface area (Å²) in [4.78, 5) is 1.78. The van der Waals surface area contributed by atoms with E-state index in [0.29, 0.717) is 10.9 Å². The summed E-state index contributed by atoms with van der Waals surface area (Å²) in [5.74, 6) is 0.385. The molecule has 0 aliphatic rings. The zero-order valence-corrected chi connectivity index (χ0v) is 19.5. The molecule has 0 heterocycles. The second-order valence-electron chi connectivity index (χ2n) is 8.72. The lowest BCUT2D eigenvalue weighted by atomic mass is 9.78. The van der Waals surface area contributed by atoms with Gasteiger partial charge in [-0.3, -0.25) is 0 Å². The maximum Gasteiger partial charge on any atom is 0.259 e. The number of rotatable bonds is 2. The molecular weight excluding hydrogens is 380 g/mol. The number of ether oxygens (including phenoxy) is 1. The number of aliphatic hydroxyl groups excluding tert-OH is 1. The van der Waals surface area contributed by atoms with Gasteiger partial charge in [0.2, 0.25) is 0 Å². The molecule has 154 valence electrons. The van der Waals surface area contributed by atoms with Crippen LogP contribution in [0.4, 0.5) is 0 Å². The Bertz CT molecular complexity index is 636. The summed E-state index contributed by atoms with van der Waals surface area (Å²) in [6.07, 6.45) is -0.173. The van der Waals surface area contributed by atoms with Crippen molar-refractivity contribution in [1.82, 2.24) is 4.90 Å². The van der Waals surface area contributed by atoms with E-state index in [2.05, 4.69) is 59.5 Å². The monoisotopic (exact) mass is 414 g/mol. The first kappa shape index (κ1) is 25.4. The fraction of sp³-hybridized carbons (Fsp3) is 0.600. The normalized spacial score (nSPS) is 12.5. The van der Waals surface area contributed by atoms with Crippen molar-refractivity contribution in [3.8, 4) is 5.75 Å². The largest absolute Gasteiger partial charge is 0.507 e. The molecule has 1 rings (SSSR count). The molecule has 1 atom stereocenters. The maximum atomic E-state index is 10.8. The molecule has 1 aromatic carbocycles. The number of nitrogens with zero attached hydrogens (tertiary/aromatic N) is 1. The van der Waals surface area contributed by atoms with Gasteiger partial charge in [-0.1, -0.05) is 41.5 Å². The molecule has 0 aliphatic carbocycles. The van der Waals surface area contributed by atoms with Crippen LogP contribution in [0.15, 0.2) is 12.1 Å². The van der Waals surface area contributed by atoms with Crippen molar-refractivity contribution >= 4 is 34.8 Å².